The summed E-state index contributed by atoms with van der Waals surface area (Å²) in [6, 6.07) is 12.6. The van der Waals surface area contributed by atoms with Crippen molar-refractivity contribution in [2.24, 2.45) is 0 Å². The molecule has 1 amide bonds. The Morgan fingerprint density at radius 3 is 2.75 bits per heavy atom. The van der Waals surface area contributed by atoms with Gasteiger partial charge >= 0.3 is 5.97 Å². The van der Waals surface area contributed by atoms with Crippen LogP contribution in [0.15, 0.2) is 53.3 Å². The largest absolute Gasteiger partial charge is 0.452 e. The van der Waals surface area contributed by atoms with Crippen LogP contribution in [-0.4, -0.2) is 23.5 Å². The number of esters is 1. The minimum absolute atomic E-state index is 0.322. The van der Waals surface area contributed by atoms with Gasteiger partial charge in [-0.15, -0.1) is 0 Å². The highest BCUT2D eigenvalue weighted by atomic mass is 16.5. The van der Waals surface area contributed by atoms with Crippen LogP contribution in [0.2, 0.25) is 0 Å². The summed E-state index contributed by atoms with van der Waals surface area (Å²) >= 11 is 0. The van der Waals surface area contributed by atoms with Gasteiger partial charge in [0, 0.05) is 6.54 Å². The van der Waals surface area contributed by atoms with Crippen molar-refractivity contribution in [2.75, 3.05) is 6.61 Å². The minimum atomic E-state index is -0.578. The molecule has 0 spiro atoms. The van der Waals surface area contributed by atoms with Crippen molar-refractivity contribution in [3.05, 3.63) is 65.5 Å². The summed E-state index contributed by atoms with van der Waals surface area (Å²) < 4.78 is 10.1. The van der Waals surface area contributed by atoms with Crippen LogP contribution < -0.4 is 5.32 Å². The molecule has 6 heteroatoms. The number of carbonyl (C=O) groups excluding carboxylic acids is 2. The highest BCUT2D eigenvalue weighted by Gasteiger charge is 2.12. The highest BCUT2D eigenvalue weighted by Crippen LogP contribution is 2.14. The first-order valence-corrected chi connectivity index (χ1v) is 7.44. The van der Waals surface area contributed by atoms with E-state index in [0.717, 1.165) is 11.1 Å². The van der Waals surface area contributed by atoms with Crippen LogP contribution in [-0.2, 0) is 16.1 Å². The van der Waals surface area contributed by atoms with Gasteiger partial charge in [-0.1, -0.05) is 29.8 Å². The lowest BCUT2D eigenvalue weighted by molar-refractivity contribution is -0.124. The SMILES string of the molecule is Cc1ccc(CNC(=O)COC(=O)c2ccc3ocnc3c2)cc1. The van der Waals surface area contributed by atoms with Crippen molar-refractivity contribution in [2.45, 2.75) is 13.5 Å². The Hall–Kier alpha value is -3.15. The normalized spacial score (nSPS) is 10.5. The van der Waals surface area contributed by atoms with Gasteiger partial charge in [-0.25, -0.2) is 9.78 Å². The van der Waals surface area contributed by atoms with Gasteiger partial charge in [0.1, 0.15) is 5.52 Å². The molecule has 0 unspecified atom stereocenters. The average Bonchev–Trinajstić information content (AvgIpc) is 3.06. The van der Waals surface area contributed by atoms with Crippen LogP contribution >= 0.6 is 0 Å². The number of rotatable bonds is 5. The number of oxazole rings is 1. The maximum atomic E-state index is 12.0. The molecule has 122 valence electrons. The molecule has 6 nitrogen and oxygen atoms in total. The van der Waals surface area contributed by atoms with E-state index in [4.69, 9.17) is 9.15 Å². The summed E-state index contributed by atoms with van der Waals surface area (Å²) in [7, 11) is 0. The fourth-order valence-electron chi connectivity index (χ4n) is 2.16. The second kappa shape index (κ2) is 6.95. The molecular weight excluding hydrogens is 308 g/mol. The lowest BCUT2D eigenvalue weighted by atomic mass is 10.1. The third-order valence-electron chi connectivity index (χ3n) is 3.51. The number of ether oxygens (including phenoxy) is 1. The van der Waals surface area contributed by atoms with E-state index >= 15 is 0 Å². The van der Waals surface area contributed by atoms with Crippen LogP contribution in [0.1, 0.15) is 21.5 Å². The molecule has 24 heavy (non-hydrogen) atoms. The molecule has 2 aromatic carbocycles. The Kier molecular flexibility index (Phi) is 4.56. The molecule has 1 heterocycles. The first-order chi connectivity index (χ1) is 11.6. The van der Waals surface area contributed by atoms with E-state index in [1.807, 2.05) is 31.2 Å². The van der Waals surface area contributed by atoms with E-state index in [1.165, 1.54) is 6.39 Å². The van der Waals surface area contributed by atoms with Gasteiger partial charge in [0.25, 0.3) is 5.91 Å². The first-order valence-electron chi connectivity index (χ1n) is 7.44. The summed E-state index contributed by atoms with van der Waals surface area (Å²) in [4.78, 5) is 27.7. The molecule has 0 aliphatic heterocycles. The van der Waals surface area contributed by atoms with Crippen LogP contribution in [0.3, 0.4) is 0 Å². The molecule has 0 saturated carbocycles. The molecule has 1 aromatic heterocycles. The smallest absolute Gasteiger partial charge is 0.338 e. The van der Waals surface area contributed by atoms with Gasteiger partial charge in [-0.05, 0) is 30.7 Å². The van der Waals surface area contributed by atoms with Crippen LogP contribution in [0.4, 0.5) is 0 Å². The number of benzene rings is 2. The minimum Gasteiger partial charge on any atom is -0.452 e. The predicted molar refractivity (Wildman–Crippen MR) is 87.3 cm³/mol. The molecular formula is C18H16N2O4. The van der Waals surface area contributed by atoms with E-state index in [0.29, 0.717) is 23.2 Å². The molecule has 0 saturated heterocycles. The quantitative estimate of drug-likeness (QED) is 0.730. The molecule has 0 aliphatic rings. The number of aromatic nitrogens is 1. The van der Waals surface area contributed by atoms with Gasteiger partial charge in [-0.2, -0.15) is 0 Å². The molecule has 0 atom stereocenters. The molecule has 0 fully saturated rings. The number of aryl methyl sites for hydroxylation is 1. The van der Waals surface area contributed by atoms with Crippen LogP contribution in [0.25, 0.3) is 11.1 Å². The van der Waals surface area contributed by atoms with Crippen LogP contribution in [0.5, 0.6) is 0 Å². The fraction of sp³-hybridized carbons (Fsp3) is 0.167. The van der Waals surface area contributed by atoms with Crippen LogP contribution in [0, 0.1) is 6.92 Å². The van der Waals surface area contributed by atoms with Gasteiger partial charge in [0.15, 0.2) is 18.6 Å². The lowest BCUT2D eigenvalue weighted by Gasteiger charge is -2.07. The van der Waals surface area contributed by atoms with E-state index < -0.39 is 5.97 Å². The zero-order valence-electron chi connectivity index (χ0n) is 13.1. The Morgan fingerprint density at radius 1 is 1.17 bits per heavy atom. The third kappa shape index (κ3) is 3.78. The van der Waals surface area contributed by atoms with E-state index in [9.17, 15) is 9.59 Å². The summed E-state index contributed by atoms with van der Waals surface area (Å²) in [5, 5.41) is 2.71. The molecule has 0 radical (unpaired) electrons. The van der Waals surface area contributed by atoms with E-state index in [2.05, 4.69) is 10.3 Å². The maximum absolute atomic E-state index is 12.0. The fourth-order valence-corrected chi connectivity index (χ4v) is 2.16. The van der Waals surface area contributed by atoms with Gasteiger partial charge in [0.2, 0.25) is 0 Å². The van der Waals surface area contributed by atoms with Gasteiger partial charge in [0.05, 0.1) is 5.56 Å². The number of nitrogens with one attached hydrogen (secondary N) is 1. The van der Waals surface area contributed by atoms with Crippen molar-refractivity contribution in [1.29, 1.82) is 0 Å². The average molecular weight is 324 g/mol. The van der Waals surface area contributed by atoms with Crippen molar-refractivity contribution >= 4 is 23.0 Å². The van der Waals surface area contributed by atoms with E-state index in [-0.39, 0.29) is 12.5 Å². The number of nitrogens with zero attached hydrogens (tertiary/aromatic N) is 1. The van der Waals surface area contributed by atoms with Gasteiger partial charge < -0.3 is 14.5 Å². The highest BCUT2D eigenvalue weighted by molar-refractivity contribution is 5.94. The lowest BCUT2D eigenvalue weighted by Crippen LogP contribution is -2.28. The monoisotopic (exact) mass is 324 g/mol. The third-order valence-corrected chi connectivity index (χ3v) is 3.51. The number of carbonyl (C=O) groups is 2. The second-order valence-electron chi connectivity index (χ2n) is 5.37. The zero-order valence-corrected chi connectivity index (χ0v) is 13.1. The predicted octanol–water partition coefficient (Wildman–Crippen LogP) is 2.61. The molecule has 0 bridgehead atoms. The molecule has 3 aromatic rings. The number of hydrogen-bond donors (Lipinski definition) is 1. The summed E-state index contributed by atoms with van der Waals surface area (Å²) in [6.45, 7) is 2.06. The van der Waals surface area contributed by atoms with Gasteiger partial charge in [-0.3, -0.25) is 4.79 Å². The van der Waals surface area contributed by atoms with Crippen molar-refractivity contribution < 1.29 is 18.7 Å². The van der Waals surface area contributed by atoms with Crippen molar-refractivity contribution in [3.8, 4) is 0 Å². The second-order valence-corrected chi connectivity index (χ2v) is 5.37. The number of hydrogen-bond acceptors (Lipinski definition) is 5. The summed E-state index contributed by atoms with van der Waals surface area (Å²) in [6.07, 6.45) is 1.30. The molecule has 1 N–H and O–H groups in total. The molecule has 3 rings (SSSR count). The Bertz CT molecular complexity index is 868. The topological polar surface area (TPSA) is 81.4 Å². The Labute approximate surface area is 138 Å². The standard InChI is InChI=1S/C18H16N2O4/c1-12-2-4-13(5-3-12)9-19-17(21)10-23-18(22)14-6-7-16-15(8-14)20-11-24-16/h2-8,11H,9-10H2,1H3,(H,19,21). The number of fused-ring (bicyclic) bond motifs is 1. The van der Waals surface area contributed by atoms with Crippen molar-refractivity contribution in [1.82, 2.24) is 10.3 Å². The number of amides is 1. The Balaban J connectivity index is 1.49. The summed E-state index contributed by atoms with van der Waals surface area (Å²) in [5.41, 5.74) is 3.61. The maximum Gasteiger partial charge on any atom is 0.338 e. The molecule has 0 aliphatic carbocycles. The first kappa shape index (κ1) is 15.7. The summed E-state index contributed by atoms with van der Waals surface area (Å²) in [5.74, 6) is -0.933. The van der Waals surface area contributed by atoms with Crippen molar-refractivity contribution in [3.63, 3.8) is 0 Å². The van der Waals surface area contributed by atoms with E-state index in [1.54, 1.807) is 18.2 Å². The Morgan fingerprint density at radius 2 is 1.96 bits per heavy atom. The zero-order chi connectivity index (χ0) is 16.9.